The molecule has 4 nitrogen and oxygen atoms in total. The Bertz CT molecular complexity index is 529. The van der Waals surface area contributed by atoms with Gasteiger partial charge >= 0.3 is 0 Å². The van der Waals surface area contributed by atoms with Gasteiger partial charge < -0.3 is 14.6 Å². The van der Waals surface area contributed by atoms with Crippen molar-refractivity contribution in [3.8, 4) is 0 Å². The van der Waals surface area contributed by atoms with Crippen LogP contribution in [-0.2, 0) is 13.1 Å². The van der Waals surface area contributed by atoms with Crippen LogP contribution in [0.15, 0.2) is 41.3 Å². The van der Waals surface area contributed by atoms with Crippen LogP contribution in [0.3, 0.4) is 0 Å². The van der Waals surface area contributed by atoms with Crippen LogP contribution in [0.1, 0.15) is 32.0 Å². The molecule has 0 saturated heterocycles. The Hall–Kier alpha value is -1.81. The molecule has 0 aromatic carbocycles. The molecular weight excluding hydrogens is 250 g/mol. The second-order valence-corrected chi connectivity index (χ2v) is 6.10. The van der Waals surface area contributed by atoms with Crippen molar-refractivity contribution in [2.45, 2.75) is 39.4 Å². The second-order valence-electron chi connectivity index (χ2n) is 6.10. The summed E-state index contributed by atoms with van der Waals surface area (Å²) in [6.07, 6.45) is 5.34. The van der Waals surface area contributed by atoms with Crippen molar-refractivity contribution in [2.75, 3.05) is 11.9 Å². The zero-order chi connectivity index (χ0) is 14.6. The Morgan fingerprint density at radius 1 is 1.30 bits per heavy atom. The molecule has 0 aliphatic rings. The summed E-state index contributed by atoms with van der Waals surface area (Å²) in [5, 5.41) is 3.45. The van der Waals surface area contributed by atoms with E-state index in [9.17, 15) is 0 Å². The molecule has 0 fully saturated rings. The molecule has 0 radical (unpaired) electrons. The lowest BCUT2D eigenvalue weighted by atomic mass is 10.1. The van der Waals surface area contributed by atoms with Gasteiger partial charge in [-0.15, -0.1) is 0 Å². The van der Waals surface area contributed by atoms with E-state index in [1.165, 1.54) is 5.56 Å². The maximum Gasteiger partial charge on any atom is 0.0952 e. The highest BCUT2D eigenvalue weighted by Gasteiger charge is 2.10. The summed E-state index contributed by atoms with van der Waals surface area (Å²) in [6.45, 7) is 8.06. The van der Waals surface area contributed by atoms with Gasteiger partial charge in [0, 0.05) is 43.1 Å². The molecule has 2 heterocycles. The summed E-state index contributed by atoms with van der Waals surface area (Å²) < 4.78 is 5.10. The largest absolute Gasteiger partial charge is 0.472 e. The number of hydrogen-bond acceptors (Lipinski definition) is 4. The van der Waals surface area contributed by atoms with Crippen molar-refractivity contribution >= 4 is 5.69 Å². The van der Waals surface area contributed by atoms with E-state index >= 15 is 0 Å². The molecule has 0 amide bonds. The molecule has 0 unspecified atom stereocenters. The molecule has 2 aromatic rings. The van der Waals surface area contributed by atoms with Crippen molar-refractivity contribution in [3.63, 3.8) is 0 Å². The number of rotatable bonds is 5. The molecule has 0 aliphatic carbocycles. The van der Waals surface area contributed by atoms with Gasteiger partial charge in [0.05, 0.1) is 18.2 Å². The van der Waals surface area contributed by atoms with E-state index in [0.717, 1.165) is 24.5 Å². The van der Waals surface area contributed by atoms with Gasteiger partial charge in [-0.25, -0.2) is 0 Å². The van der Waals surface area contributed by atoms with Gasteiger partial charge in [0.15, 0.2) is 0 Å². The number of hydrogen-bond donors (Lipinski definition) is 1. The maximum absolute atomic E-state index is 5.10. The van der Waals surface area contributed by atoms with Gasteiger partial charge in [-0.05, 0) is 39.0 Å². The molecule has 0 atom stereocenters. The Balaban J connectivity index is 2.01. The fourth-order valence-corrected chi connectivity index (χ4v) is 1.90. The highest BCUT2D eigenvalue weighted by Crippen LogP contribution is 2.16. The minimum atomic E-state index is 0.0976. The van der Waals surface area contributed by atoms with Crippen LogP contribution in [0.5, 0.6) is 0 Å². The van der Waals surface area contributed by atoms with Gasteiger partial charge in [-0.1, -0.05) is 0 Å². The third-order valence-electron chi connectivity index (χ3n) is 3.04. The summed E-state index contributed by atoms with van der Waals surface area (Å²) in [5.41, 5.74) is 3.47. The Morgan fingerprint density at radius 3 is 2.75 bits per heavy atom. The van der Waals surface area contributed by atoms with Gasteiger partial charge in [-0.2, -0.15) is 0 Å². The smallest absolute Gasteiger partial charge is 0.0952 e. The van der Waals surface area contributed by atoms with E-state index in [4.69, 9.17) is 4.42 Å². The van der Waals surface area contributed by atoms with Gasteiger partial charge in [-0.3, -0.25) is 4.98 Å². The van der Waals surface area contributed by atoms with E-state index in [1.54, 1.807) is 12.5 Å². The third-order valence-corrected chi connectivity index (χ3v) is 3.04. The van der Waals surface area contributed by atoms with Crippen LogP contribution in [0.4, 0.5) is 5.69 Å². The maximum atomic E-state index is 5.10. The molecule has 108 valence electrons. The standard InChI is InChI=1S/C16H23N3O/c1-16(2,3)18-10-14-9-15(5-7-17-14)19(4)11-13-6-8-20-12-13/h5-9,12,18H,10-11H2,1-4H3. The lowest BCUT2D eigenvalue weighted by Gasteiger charge is -2.22. The number of furan rings is 1. The summed E-state index contributed by atoms with van der Waals surface area (Å²) in [6, 6.07) is 6.14. The summed E-state index contributed by atoms with van der Waals surface area (Å²) in [7, 11) is 2.07. The first-order chi connectivity index (χ1) is 9.44. The Labute approximate surface area is 120 Å². The fourth-order valence-electron chi connectivity index (χ4n) is 1.90. The Kier molecular flexibility index (Phi) is 4.45. The van der Waals surface area contributed by atoms with Crippen molar-refractivity contribution < 1.29 is 4.42 Å². The minimum absolute atomic E-state index is 0.0976. The molecule has 0 bridgehead atoms. The van der Waals surface area contributed by atoms with E-state index in [-0.39, 0.29) is 5.54 Å². The predicted octanol–water partition coefficient (Wildman–Crippen LogP) is 3.20. The van der Waals surface area contributed by atoms with Crippen molar-refractivity contribution in [3.05, 3.63) is 48.2 Å². The molecule has 4 heteroatoms. The minimum Gasteiger partial charge on any atom is -0.472 e. The number of nitrogens with one attached hydrogen (secondary N) is 1. The zero-order valence-electron chi connectivity index (χ0n) is 12.7. The predicted molar refractivity (Wildman–Crippen MR) is 81.6 cm³/mol. The quantitative estimate of drug-likeness (QED) is 0.908. The number of aromatic nitrogens is 1. The van der Waals surface area contributed by atoms with Crippen molar-refractivity contribution in [1.29, 1.82) is 0 Å². The lowest BCUT2D eigenvalue weighted by Crippen LogP contribution is -2.35. The van der Waals surface area contributed by atoms with Crippen LogP contribution in [-0.4, -0.2) is 17.6 Å². The van der Waals surface area contributed by atoms with Gasteiger partial charge in [0.25, 0.3) is 0 Å². The molecule has 0 spiro atoms. The van der Waals surface area contributed by atoms with Crippen LogP contribution in [0.2, 0.25) is 0 Å². The van der Waals surface area contributed by atoms with Gasteiger partial charge in [0.1, 0.15) is 0 Å². The summed E-state index contributed by atoms with van der Waals surface area (Å²) in [5.74, 6) is 0. The van der Waals surface area contributed by atoms with E-state index < -0.39 is 0 Å². The molecule has 1 N–H and O–H groups in total. The van der Waals surface area contributed by atoms with Gasteiger partial charge in [0.2, 0.25) is 0 Å². The van der Waals surface area contributed by atoms with Crippen LogP contribution in [0, 0.1) is 0 Å². The van der Waals surface area contributed by atoms with E-state index in [0.29, 0.717) is 0 Å². The van der Waals surface area contributed by atoms with Crippen LogP contribution in [0.25, 0.3) is 0 Å². The SMILES string of the molecule is CN(Cc1ccoc1)c1ccnc(CNC(C)(C)C)c1. The average molecular weight is 273 g/mol. The second kappa shape index (κ2) is 6.09. The van der Waals surface area contributed by atoms with Crippen LogP contribution < -0.4 is 10.2 Å². The molecule has 20 heavy (non-hydrogen) atoms. The average Bonchev–Trinajstić information content (AvgIpc) is 2.89. The normalized spacial score (nSPS) is 11.6. The van der Waals surface area contributed by atoms with E-state index in [1.807, 2.05) is 18.3 Å². The number of pyridine rings is 1. The molecule has 0 saturated carbocycles. The summed E-state index contributed by atoms with van der Waals surface area (Å²) >= 11 is 0. The summed E-state index contributed by atoms with van der Waals surface area (Å²) in [4.78, 5) is 6.60. The monoisotopic (exact) mass is 273 g/mol. The zero-order valence-corrected chi connectivity index (χ0v) is 12.7. The molecule has 2 aromatic heterocycles. The first-order valence-corrected chi connectivity index (χ1v) is 6.86. The van der Waals surface area contributed by atoms with E-state index in [2.05, 4.69) is 49.1 Å². The first-order valence-electron chi connectivity index (χ1n) is 6.86. The highest BCUT2D eigenvalue weighted by molar-refractivity contribution is 5.46. The van der Waals surface area contributed by atoms with Crippen molar-refractivity contribution in [1.82, 2.24) is 10.3 Å². The fraction of sp³-hybridized carbons (Fsp3) is 0.438. The first kappa shape index (κ1) is 14.6. The molecule has 0 aliphatic heterocycles. The third kappa shape index (κ3) is 4.38. The molecule has 2 rings (SSSR count). The highest BCUT2D eigenvalue weighted by atomic mass is 16.3. The van der Waals surface area contributed by atoms with Crippen molar-refractivity contribution in [2.24, 2.45) is 0 Å². The number of anilines is 1. The molecular formula is C16H23N3O. The lowest BCUT2D eigenvalue weighted by molar-refractivity contribution is 0.421. The Morgan fingerprint density at radius 2 is 2.10 bits per heavy atom. The topological polar surface area (TPSA) is 41.3 Å². The number of nitrogens with zero attached hydrogens (tertiary/aromatic N) is 2. The van der Waals surface area contributed by atoms with Crippen LogP contribution >= 0.6 is 0 Å².